The smallest absolute Gasteiger partial charge is 0.266 e. The molecule has 2 N–H and O–H groups in total. The van der Waals surface area contributed by atoms with E-state index in [4.69, 9.17) is 11.6 Å². The number of H-pyrrole nitrogens is 1. The van der Waals surface area contributed by atoms with Gasteiger partial charge in [-0.1, -0.05) is 17.7 Å². The number of aryl methyl sites for hydroxylation is 2. The fraction of sp³-hybridized carbons (Fsp3) is 0.154. The SMILES string of the molecule is Cc1cc(C)cc(NS(=O)(=O)c2c[nH]c(=O)c(Cl)c2)c1. The maximum atomic E-state index is 12.2. The minimum absolute atomic E-state index is 0.0961. The molecule has 2 rings (SSSR count). The average molecular weight is 313 g/mol. The first-order valence-corrected chi connectivity index (χ1v) is 7.63. The van der Waals surface area contributed by atoms with Gasteiger partial charge in [-0.2, -0.15) is 0 Å². The van der Waals surface area contributed by atoms with E-state index in [9.17, 15) is 13.2 Å². The van der Waals surface area contributed by atoms with Gasteiger partial charge in [-0.3, -0.25) is 9.52 Å². The number of aromatic nitrogens is 1. The van der Waals surface area contributed by atoms with Gasteiger partial charge in [0.25, 0.3) is 15.6 Å². The summed E-state index contributed by atoms with van der Waals surface area (Å²) in [6, 6.07) is 6.50. The predicted molar refractivity (Wildman–Crippen MR) is 78.8 cm³/mol. The summed E-state index contributed by atoms with van der Waals surface area (Å²) in [5.41, 5.74) is 1.83. The van der Waals surface area contributed by atoms with Crippen molar-refractivity contribution in [3.63, 3.8) is 0 Å². The van der Waals surface area contributed by atoms with Gasteiger partial charge in [0.15, 0.2) is 0 Å². The van der Waals surface area contributed by atoms with Crippen molar-refractivity contribution in [3.8, 4) is 0 Å². The van der Waals surface area contributed by atoms with Crippen LogP contribution in [0.4, 0.5) is 5.69 Å². The van der Waals surface area contributed by atoms with Crippen LogP contribution in [0.1, 0.15) is 11.1 Å². The van der Waals surface area contributed by atoms with Crippen molar-refractivity contribution in [1.29, 1.82) is 0 Å². The van der Waals surface area contributed by atoms with Crippen molar-refractivity contribution in [2.24, 2.45) is 0 Å². The maximum Gasteiger partial charge on any atom is 0.266 e. The van der Waals surface area contributed by atoms with E-state index in [1.165, 1.54) is 0 Å². The van der Waals surface area contributed by atoms with Gasteiger partial charge in [0, 0.05) is 11.9 Å². The first kappa shape index (κ1) is 14.6. The van der Waals surface area contributed by atoms with E-state index in [0.717, 1.165) is 23.4 Å². The number of anilines is 1. The molecule has 106 valence electrons. The number of halogens is 1. The molecule has 0 amide bonds. The molecule has 0 saturated heterocycles. The standard InChI is InChI=1S/C13H13ClN2O3S/c1-8-3-9(2)5-10(4-8)16-20(18,19)11-6-12(14)13(17)15-7-11/h3-7,16H,1-2H3,(H,15,17). The summed E-state index contributed by atoms with van der Waals surface area (Å²) in [4.78, 5) is 13.3. The monoisotopic (exact) mass is 312 g/mol. The highest BCUT2D eigenvalue weighted by atomic mass is 35.5. The molecule has 5 nitrogen and oxygen atoms in total. The molecule has 0 bridgehead atoms. The lowest BCUT2D eigenvalue weighted by atomic mass is 10.1. The Morgan fingerprint density at radius 2 is 1.70 bits per heavy atom. The molecule has 0 unspecified atom stereocenters. The summed E-state index contributed by atoms with van der Waals surface area (Å²) < 4.78 is 26.8. The largest absolute Gasteiger partial charge is 0.326 e. The molecule has 1 aromatic heterocycles. The zero-order chi connectivity index (χ0) is 14.9. The fourth-order valence-electron chi connectivity index (χ4n) is 1.84. The molecule has 0 saturated carbocycles. The van der Waals surface area contributed by atoms with Crippen LogP contribution >= 0.6 is 11.6 Å². The highest BCUT2D eigenvalue weighted by Gasteiger charge is 2.16. The lowest BCUT2D eigenvalue weighted by Gasteiger charge is -2.09. The van der Waals surface area contributed by atoms with Gasteiger partial charge >= 0.3 is 0 Å². The van der Waals surface area contributed by atoms with Crippen molar-refractivity contribution >= 4 is 27.3 Å². The van der Waals surface area contributed by atoms with E-state index < -0.39 is 15.6 Å². The van der Waals surface area contributed by atoms with Gasteiger partial charge in [0.1, 0.15) is 9.92 Å². The summed E-state index contributed by atoms with van der Waals surface area (Å²) in [5, 5.41) is -0.173. The van der Waals surface area contributed by atoms with Gasteiger partial charge in [-0.15, -0.1) is 0 Å². The minimum atomic E-state index is -3.79. The van der Waals surface area contributed by atoms with Gasteiger partial charge < -0.3 is 4.98 Å². The Morgan fingerprint density at radius 1 is 1.10 bits per heavy atom. The molecule has 0 atom stereocenters. The number of hydrogen-bond donors (Lipinski definition) is 2. The van der Waals surface area contributed by atoms with Crippen LogP contribution in [0.3, 0.4) is 0 Å². The summed E-state index contributed by atoms with van der Waals surface area (Å²) in [6.07, 6.45) is 1.11. The Kier molecular flexibility index (Phi) is 3.87. The van der Waals surface area contributed by atoms with E-state index >= 15 is 0 Å². The predicted octanol–water partition coefficient (Wildman–Crippen LogP) is 2.45. The molecule has 0 spiro atoms. The van der Waals surface area contributed by atoms with Crippen LogP contribution in [0.5, 0.6) is 0 Å². The number of benzene rings is 1. The number of pyridine rings is 1. The number of aromatic amines is 1. The Labute approximate surface area is 121 Å². The second-order valence-corrected chi connectivity index (χ2v) is 6.58. The van der Waals surface area contributed by atoms with E-state index in [2.05, 4.69) is 9.71 Å². The van der Waals surface area contributed by atoms with Crippen LogP contribution in [0, 0.1) is 13.8 Å². The Hall–Kier alpha value is -1.79. The van der Waals surface area contributed by atoms with E-state index in [-0.39, 0.29) is 9.92 Å². The van der Waals surface area contributed by atoms with Gasteiger partial charge in [0.05, 0.1) is 0 Å². The summed E-state index contributed by atoms with van der Waals surface area (Å²) in [7, 11) is -3.79. The van der Waals surface area contributed by atoms with Crippen molar-refractivity contribution in [3.05, 3.63) is 57.0 Å². The Bertz CT molecular complexity index is 792. The van der Waals surface area contributed by atoms with Crippen LogP contribution < -0.4 is 10.3 Å². The Balaban J connectivity index is 2.40. The summed E-state index contributed by atoms with van der Waals surface area (Å²) in [5.74, 6) is 0. The van der Waals surface area contributed by atoms with Crippen LogP contribution in [0.15, 0.2) is 40.2 Å². The molecular weight excluding hydrogens is 300 g/mol. The summed E-state index contributed by atoms with van der Waals surface area (Å²) in [6.45, 7) is 3.75. The number of rotatable bonds is 3. The highest BCUT2D eigenvalue weighted by Crippen LogP contribution is 2.19. The second kappa shape index (κ2) is 5.30. The molecule has 0 aliphatic rings. The number of nitrogens with one attached hydrogen (secondary N) is 2. The van der Waals surface area contributed by atoms with Crippen LogP contribution in [-0.2, 0) is 10.0 Å². The van der Waals surface area contributed by atoms with Gasteiger partial charge in [-0.05, 0) is 43.2 Å². The highest BCUT2D eigenvalue weighted by molar-refractivity contribution is 7.92. The molecule has 7 heteroatoms. The number of sulfonamides is 1. The van der Waals surface area contributed by atoms with Gasteiger partial charge in [0.2, 0.25) is 0 Å². The van der Waals surface area contributed by atoms with Crippen LogP contribution in [0.25, 0.3) is 0 Å². The van der Waals surface area contributed by atoms with Crippen LogP contribution in [-0.4, -0.2) is 13.4 Å². The first-order valence-electron chi connectivity index (χ1n) is 5.77. The zero-order valence-electron chi connectivity index (χ0n) is 10.9. The molecule has 1 aromatic carbocycles. The number of hydrogen-bond acceptors (Lipinski definition) is 3. The lowest BCUT2D eigenvalue weighted by Crippen LogP contribution is -2.16. The Morgan fingerprint density at radius 3 is 2.25 bits per heavy atom. The third kappa shape index (κ3) is 3.20. The van der Waals surface area contributed by atoms with Crippen molar-refractivity contribution in [2.75, 3.05) is 4.72 Å². The first-order chi connectivity index (χ1) is 9.28. The normalized spacial score (nSPS) is 11.3. The van der Waals surface area contributed by atoms with Crippen LogP contribution in [0.2, 0.25) is 5.02 Å². The van der Waals surface area contributed by atoms with Crippen molar-refractivity contribution in [1.82, 2.24) is 4.98 Å². The van der Waals surface area contributed by atoms with Gasteiger partial charge in [-0.25, -0.2) is 8.42 Å². The van der Waals surface area contributed by atoms with E-state index in [1.807, 2.05) is 19.9 Å². The molecule has 0 fully saturated rings. The molecule has 2 aromatic rings. The zero-order valence-corrected chi connectivity index (χ0v) is 12.5. The maximum absolute atomic E-state index is 12.2. The minimum Gasteiger partial charge on any atom is -0.326 e. The topological polar surface area (TPSA) is 79.0 Å². The molecular formula is C13H13ClN2O3S. The molecule has 1 heterocycles. The fourth-order valence-corrected chi connectivity index (χ4v) is 3.11. The summed E-state index contributed by atoms with van der Waals surface area (Å²) >= 11 is 5.64. The lowest BCUT2D eigenvalue weighted by molar-refractivity contribution is 0.600. The molecule has 20 heavy (non-hydrogen) atoms. The third-order valence-corrected chi connectivity index (χ3v) is 4.26. The van der Waals surface area contributed by atoms with E-state index in [0.29, 0.717) is 5.69 Å². The molecule has 0 radical (unpaired) electrons. The van der Waals surface area contributed by atoms with E-state index in [1.54, 1.807) is 12.1 Å². The third-order valence-electron chi connectivity index (χ3n) is 2.62. The molecule has 0 aliphatic heterocycles. The quantitative estimate of drug-likeness (QED) is 0.913. The second-order valence-electron chi connectivity index (χ2n) is 4.49. The average Bonchev–Trinajstić information content (AvgIpc) is 2.30. The molecule has 0 aliphatic carbocycles. The van der Waals surface area contributed by atoms with Crippen molar-refractivity contribution in [2.45, 2.75) is 18.7 Å². The van der Waals surface area contributed by atoms with Crippen molar-refractivity contribution < 1.29 is 8.42 Å².